The molecule has 1 aliphatic heterocycles. The highest BCUT2D eigenvalue weighted by molar-refractivity contribution is 5.25. The molecule has 0 aromatic heterocycles. The zero-order valence-corrected chi connectivity index (χ0v) is 9.23. The van der Waals surface area contributed by atoms with Gasteiger partial charge in [-0.1, -0.05) is 12.1 Å². The third-order valence-electron chi connectivity index (χ3n) is 2.66. The van der Waals surface area contributed by atoms with Gasteiger partial charge in [-0.15, -0.1) is 0 Å². The quantitative estimate of drug-likeness (QED) is 0.815. The van der Waals surface area contributed by atoms with Gasteiger partial charge in [0.1, 0.15) is 11.9 Å². The molecule has 86 valence electrons. The molecule has 0 saturated carbocycles. The first-order valence-electron chi connectivity index (χ1n) is 5.64. The van der Waals surface area contributed by atoms with E-state index >= 15 is 0 Å². The average Bonchev–Trinajstić information content (AvgIpc) is 2.33. The van der Waals surface area contributed by atoms with Gasteiger partial charge in [0.2, 0.25) is 0 Å². The van der Waals surface area contributed by atoms with Crippen molar-refractivity contribution in [2.75, 3.05) is 6.54 Å². The van der Waals surface area contributed by atoms with E-state index in [0.717, 1.165) is 25.9 Å². The third-order valence-corrected chi connectivity index (χ3v) is 2.66. The number of hydrogen-bond acceptors (Lipinski definition) is 3. The first-order chi connectivity index (χ1) is 7.84. The Labute approximate surface area is 95.7 Å². The van der Waals surface area contributed by atoms with Crippen molar-refractivity contribution in [2.45, 2.75) is 25.5 Å². The lowest BCUT2D eigenvalue weighted by Gasteiger charge is -2.19. The minimum atomic E-state index is 0.294. The van der Waals surface area contributed by atoms with Crippen LogP contribution >= 0.6 is 0 Å². The van der Waals surface area contributed by atoms with Crippen LogP contribution in [0, 0.1) is 0 Å². The van der Waals surface area contributed by atoms with Crippen molar-refractivity contribution in [3.05, 3.63) is 42.2 Å². The highest BCUT2D eigenvalue weighted by Gasteiger charge is 2.09. The largest absolute Gasteiger partial charge is 0.508 e. The van der Waals surface area contributed by atoms with Crippen molar-refractivity contribution in [1.82, 2.24) is 5.32 Å². The Morgan fingerprint density at radius 1 is 1.31 bits per heavy atom. The highest BCUT2D eigenvalue weighted by atomic mass is 16.5. The zero-order chi connectivity index (χ0) is 11.2. The Morgan fingerprint density at radius 3 is 2.81 bits per heavy atom. The molecule has 0 aliphatic carbocycles. The van der Waals surface area contributed by atoms with Gasteiger partial charge in [-0.25, -0.2) is 0 Å². The second-order valence-corrected chi connectivity index (χ2v) is 4.00. The predicted molar refractivity (Wildman–Crippen MR) is 63.1 cm³/mol. The molecule has 3 nitrogen and oxygen atoms in total. The number of rotatable bonds is 4. The second-order valence-electron chi connectivity index (χ2n) is 4.00. The van der Waals surface area contributed by atoms with Crippen LogP contribution in [0.2, 0.25) is 0 Å². The van der Waals surface area contributed by atoms with Crippen LogP contribution in [-0.2, 0) is 11.3 Å². The molecule has 16 heavy (non-hydrogen) atoms. The zero-order valence-electron chi connectivity index (χ0n) is 9.23. The summed E-state index contributed by atoms with van der Waals surface area (Å²) >= 11 is 0. The minimum Gasteiger partial charge on any atom is -0.508 e. The Kier molecular flexibility index (Phi) is 3.83. The first-order valence-corrected chi connectivity index (χ1v) is 5.64. The van der Waals surface area contributed by atoms with Crippen molar-refractivity contribution < 1.29 is 9.84 Å². The van der Waals surface area contributed by atoms with Crippen LogP contribution in [0.5, 0.6) is 5.75 Å². The first kappa shape index (κ1) is 11.0. The molecule has 2 rings (SSSR count). The molecule has 0 amide bonds. The smallest absolute Gasteiger partial charge is 0.115 e. The fourth-order valence-corrected chi connectivity index (χ4v) is 1.73. The van der Waals surface area contributed by atoms with Gasteiger partial charge in [0.25, 0.3) is 0 Å². The van der Waals surface area contributed by atoms with E-state index in [-0.39, 0.29) is 0 Å². The Bertz CT molecular complexity index is 345. The van der Waals surface area contributed by atoms with Crippen molar-refractivity contribution in [3.8, 4) is 5.75 Å². The predicted octanol–water partition coefficient (Wildman–Crippen LogP) is 2.17. The standard InChI is InChI=1S/C13H17NO2/c15-12-6-4-11(5-7-12)9-14-10-13-3-1-2-8-16-13/h2,4-8,13-15H,1,3,9-10H2. The van der Waals surface area contributed by atoms with Gasteiger partial charge in [0.15, 0.2) is 0 Å². The Morgan fingerprint density at radius 2 is 2.12 bits per heavy atom. The maximum absolute atomic E-state index is 9.14. The summed E-state index contributed by atoms with van der Waals surface area (Å²) < 4.78 is 5.45. The summed E-state index contributed by atoms with van der Waals surface area (Å²) in [6.07, 6.45) is 6.32. The van der Waals surface area contributed by atoms with Gasteiger partial charge in [0.05, 0.1) is 6.26 Å². The molecule has 0 spiro atoms. The summed E-state index contributed by atoms with van der Waals surface area (Å²) in [5, 5.41) is 12.5. The van der Waals surface area contributed by atoms with E-state index < -0.39 is 0 Å². The Hall–Kier alpha value is -1.48. The van der Waals surface area contributed by atoms with E-state index in [0.29, 0.717) is 11.9 Å². The monoisotopic (exact) mass is 219 g/mol. The molecule has 1 aliphatic rings. The number of ether oxygens (including phenoxy) is 1. The molecule has 0 bridgehead atoms. The van der Waals surface area contributed by atoms with Crippen molar-refractivity contribution >= 4 is 0 Å². The molecule has 1 aromatic carbocycles. The maximum Gasteiger partial charge on any atom is 0.115 e. The highest BCUT2D eigenvalue weighted by Crippen LogP contribution is 2.11. The number of hydrogen-bond donors (Lipinski definition) is 2. The summed E-state index contributed by atoms with van der Waals surface area (Å²) in [5.41, 5.74) is 1.17. The molecule has 2 N–H and O–H groups in total. The van der Waals surface area contributed by atoms with Gasteiger partial charge in [-0.3, -0.25) is 0 Å². The molecular formula is C13H17NO2. The van der Waals surface area contributed by atoms with Crippen molar-refractivity contribution in [1.29, 1.82) is 0 Å². The van der Waals surface area contributed by atoms with Crippen LogP contribution in [0.1, 0.15) is 18.4 Å². The summed E-state index contributed by atoms with van der Waals surface area (Å²) in [6, 6.07) is 7.25. The minimum absolute atomic E-state index is 0.294. The number of phenolic OH excluding ortho intramolecular Hbond substituents is 1. The van der Waals surface area contributed by atoms with Gasteiger partial charge in [-0.2, -0.15) is 0 Å². The van der Waals surface area contributed by atoms with Gasteiger partial charge >= 0.3 is 0 Å². The van der Waals surface area contributed by atoms with Crippen molar-refractivity contribution in [3.63, 3.8) is 0 Å². The fourth-order valence-electron chi connectivity index (χ4n) is 1.73. The summed E-state index contributed by atoms with van der Waals surface area (Å²) in [4.78, 5) is 0. The molecule has 1 unspecified atom stereocenters. The topological polar surface area (TPSA) is 41.5 Å². The number of benzene rings is 1. The number of phenols is 1. The SMILES string of the molecule is Oc1ccc(CNCC2CCC=CO2)cc1. The molecule has 0 fully saturated rings. The van der Waals surface area contributed by atoms with Gasteiger partial charge < -0.3 is 15.2 Å². The molecular weight excluding hydrogens is 202 g/mol. The van der Waals surface area contributed by atoms with E-state index in [1.54, 1.807) is 18.4 Å². The van der Waals surface area contributed by atoms with Crippen LogP contribution in [-0.4, -0.2) is 17.8 Å². The van der Waals surface area contributed by atoms with Crippen LogP contribution < -0.4 is 5.32 Å². The van der Waals surface area contributed by atoms with E-state index in [2.05, 4.69) is 11.4 Å². The summed E-state index contributed by atoms with van der Waals surface area (Å²) in [5.74, 6) is 0.310. The number of nitrogens with one attached hydrogen (secondary N) is 1. The normalized spacial score (nSPS) is 19.4. The summed E-state index contributed by atoms with van der Waals surface area (Å²) in [7, 11) is 0. The lowest BCUT2D eigenvalue weighted by molar-refractivity contribution is 0.122. The van der Waals surface area contributed by atoms with E-state index in [9.17, 15) is 0 Å². The lowest BCUT2D eigenvalue weighted by Crippen LogP contribution is -2.28. The third kappa shape index (κ3) is 3.28. The van der Waals surface area contributed by atoms with E-state index in [1.165, 1.54) is 5.56 Å². The molecule has 0 saturated heterocycles. The molecule has 1 heterocycles. The fraction of sp³-hybridized carbons (Fsp3) is 0.385. The van der Waals surface area contributed by atoms with E-state index in [1.807, 2.05) is 12.1 Å². The Balaban J connectivity index is 1.71. The maximum atomic E-state index is 9.14. The van der Waals surface area contributed by atoms with Gasteiger partial charge in [0, 0.05) is 13.1 Å². The molecule has 1 aromatic rings. The van der Waals surface area contributed by atoms with E-state index in [4.69, 9.17) is 9.84 Å². The lowest BCUT2D eigenvalue weighted by atomic mass is 10.1. The number of aromatic hydroxyl groups is 1. The van der Waals surface area contributed by atoms with Crippen LogP contribution in [0.15, 0.2) is 36.6 Å². The van der Waals surface area contributed by atoms with Gasteiger partial charge in [-0.05, 0) is 36.6 Å². The molecule has 0 radical (unpaired) electrons. The van der Waals surface area contributed by atoms with Crippen molar-refractivity contribution in [2.24, 2.45) is 0 Å². The van der Waals surface area contributed by atoms with Crippen LogP contribution in [0.4, 0.5) is 0 Å². The molecule has 3 heteroatoms. The van der Waals surface area contributed by atoms with Crippen LogP contribution in [0.3, 0.4) is 0 Å². The summed E-state index contributed by atoms with van der Waals surface area (Å²) in [6.45, 7) is 1.68. The average molecular weight is 219 g/mol. The van der Waals surface area contributed by atoms with Crippen LogP contribution in [0.25, 0.3) is 0 Å². The second kappa shape index (κ2) is 5.56. The number of allylic oxidation sites excluding steroid dienone is 1. The molecule has 1 atom stereocenters.